The molecule has 0 amide bonds. The maximum Gasteiger partial charge on any atom is 0.161 e. The molecule has 0 saturated heterocycles. The van der Waals surface area contributed by atoms with Crippen LogP contribution in [-0.2, 0) is 6.42 Å². The van der Waals surface area contributed by atoms with Crippen molar-refractivity contribution in [3.05, 3.63) is 39.8 Å². The molecule has 2 aromatic rings. The second-order valence-corrected chi connectivity index (χ2v) is 5.94. The number of hydrogen-bond donors (Lipinski definition) is 1. The van der Waals surface area contributed by atoms with Crippen LogP contribution in [0.5, 0.6) is 11.5 Å². The summed E-state index contributed by atoms with van der Waals surface area (Å²) in [5.41, 5.74) is 6.95. The molecule has 21 heavy (non-hydrogen) atoms. The van der Waals surface area contributed by atoms with Crippen molar-refractivity contribution in [3.8, 4) is 11.5 Å². The van der Waals surface area contributed by atoms with E-state index in [9.17, 15) is 0 Å². The Hall–Kier alpha value is -1.59. The molecule has 4 nitrogen and oxygen atoms in total. The van der Waals surface area contributed by atoms with E-state index in [1.54, 1.807) is 11.3 Å². The number of nitrogens with zero attached hydrogens (tertiary/aromatic N) is 1. The minimum absolute atomic E-state index is 0.0378. The van der Waals surface area contributed by atoms with Gasteiger partial charge in [-0.25, -0.2) is 4.98 Å². The predicted octanol–water partition coefficient (Wildman–Crippen LogP) is 3.49. The number of benzene rings is 1. The van der Waals surface area contributed by atoms with Gasteiger partial charge in [0.2, 0.25) is 0 Å². The summed E-state index contributed by atoms with van der Waals surface area (Å²) in [7, 11) is 0. The molecule has 1 heterocycles. The number of aromatic nitrogens is 1. The molecule has 0 aliphatic carbocycles. The van der Waals surface area contributed by atoms with Crippen LogP contribution in [0.2, 0.25) is 0 Å². The zero-order valence-electron chi connectivity index (χ0n) is 12.8. The molecule has 0 bridgehead atoms. The van der Waals surface area contributed by atoms with Gasteiger partial charge in [-0.1, -0.05) is 12.1 Å². The van der Waals surface area contributed by atoms with Gasteiger partial charge in [0, 0.05) is 17.3 Å². The Kier molecular flexibility index (Phi) is 5.59. The summed E-state index contributed by atoms with van der Waals surface area (Å²) in [6.07, 6.45) is 0.776. The number of para-hydroxylation sites is 2. The minimum Gasteiger partial charge on any atom is -0.490 e. The Labute approximate surface area is 129 Å². The first-order chi connectivity index (χ1) is 10.1. The number of aryl methyl sites for hydroxylation is 1. The molecular weight excluding hydrogens is 284 g/mol. The fourth-order valence-corrected chi connectivity index (χ4v) is 3.09. The quantitative estimate of drug-likeness (QED) is 0.850. The first-order valence-electron chi connectivity index (χ1n) is 7.18. The van der Waals surface area contributed by atoms with Crippen molar-refractivity contribution in [3.63, 3.8) is 0 Å². The van der Waals surface area contributed by atoms with Gasteiger partial charge in [-0.3, -0.25) is 0 Å². The maximum atomic E-state index is 5.92. The summed E-state index contributed by atoms with van der Waals surface area (Å²) < 4.78 is 11.4. The fourth-order valence-electron chi connectivity index (χ4n) is 2.09. The molecule has 1 aromatic heterocycles. The van der Waals surface area contributed by atoms with Gasteiger partial charge < -0.3 is 15.2 Å². The minimum atomic E-state index is 0.0378. The van der Waals surface area contributed by atoms with E-state index in [0.29, 0.717) is 13.2 Å². The molecule has 0 fully saturated rings. The largest absolute Gasteiger partial charge is 0.490 e. The highest BCUT2D eigenvalue weighted by Gasteiger charge is 2.11. The molecule has 1 atom stereocenters. The lowest BCUT2D eigenvalue weighted by Crippen LogP contribution is -2.03. The van der Waals surface area contributed by atoms with Crippen LogP contribution in [0, 0.1) is 6.92 Å². The van der Waals surface area contributed by atoms with Gasteiger partial charge in [-0.05, 0) is 32.9 Å². The van der Waals surface area contributed by atoms with Crippen LogP contribution in [0.15, 0.2) is 24.3 Å². The average molecular weight is 306 g/mol. The molecule has 1 aromatic carbocycles. The normalized spacial score (nSPS) is 12.2. The average Bonchev–Trinajstić information content (AvgIpc) is 2.82. The third-order valence-electron chi connectivity index (χ3n) is 3.01. The molecule has 2 rings (SSSR count). The zero-order chi connectivity index (χ0) is 15.2. The number of ether oxygens (including phenoxy) is 2. The first kappa shape index (κ1) is 15.8. The van der Waals surface area contributed by atoms with E-state index in [4.69, 9.17) is 15.2 Å². The summed E-state index contributed by atoms with van der Waals surface area (Å²) in [6, 6.07) is 7.76. The van der Waals surface area contributed by atoms with Crippen molar-refractivity contribution >= 4 is 11.3 Å². The van der Waals surface area contributed by atoms with Gasteiger partial charge in [0.15, 0.2) is 11.5 Å². The third kappa shape index (κ3) is 4.19. The molecule has 0 aliphatic heterocycles. The van der Waals surface area contributed by atoms with Crippen LogP contribution in [0.1, 0.15) is 35.5 Å². The molecule has 114 valence electrons. The van der Waals surface area contributed by atoms with Crippen molar-refractivity contribution in [1.82, 2.24) is 4.98 Å². The van der Waals surface area contributed by atoms with Crippen molar-refractivity contribution in [2.75, 3.05) is 13.2 Å². The fraction of sp³-hybridized carbons (Fsp3) is 0.438. The lowest BCUT2D eigenvalue weighted by Gasteiger charge is -2.10. The van der Waals surface area contributed by atoms with Gasteiger partial charge in [-0.2, -0.15) is 0 Å². The Morgan fingerprint density at radius 1 is 1.24 bits per heavy atom. The molecule has 1 unspecified atom stereocenters. The Morgan fingerprint density at radius 3 is 2.48 bits per heavy atom. The van der Waals surface area contributed by atoms with Crippen molar-refractivity contribution in [1.29, 1.82) is 0 Å². The van der Waals surface area contributed by atoms with E-state index in [0.717, 1.165) is 33.5 Å². The molecular formula is C16H22N2O2S. The molecule has 0 saturated carbocycles. The Bertz CT molecular complexity index is 581. The van der Waals surface area contributed by atoms with E-state index in [2.05, 4.69) is 4.98 Å². The first-order valence-corrected chi connectivity index (χ1v) is 7.99. The van der Waals surface area contributed by atoms with Crippen LogP contribution in [0.4, 0.5) is 0 Å². The van der Waals surface area contributed by atoms with Gasteiger partial charge >= 0.3 is 0 Å². The second kappa shape index (κ2) is 7.43. The van der Waals surface area contributed by atoms with E-state index in [1.807, 2.05) is 45.0 Å². The van der Waals surface area contributed by atoms with Crippen LogP contribution in [0.25, 0.3) is 0 Å². The number of hydrogen-bond acceptors (Lipinski definition) is 5. The lowest BCUT2D eigenvalue weighted by molar-refractivity contribution is 0.279. The Balaban J connectivity index is 1.94. The Morgan fingerprint density at radius 2 is 1.90 bits per heavy atom. The molecule has 2 N–H and O–H groups in total. The van der Waals surface area contributed by atoms with Gasteiger partial charge in [0.05, 0.1) is 23.9 Å². The lowest BCUT2D eigenvalue weighted by atomic mass is 10.2. The van der Waals surface area contributed by atoms with E-state index in [1.165, 1.54) is 0 Å². The SMILES string of the molecule is CCOc1ccccc1OCCc1nc(C)c(C(C)N)s1. The standard InChI is InChI=1S/C16H22N2O2S/c1-4-19-13-7-5-6-8-14(13)20-10-9-15-18-12(3)16(21-15)11(2)17/h5-8,11H,4,9-10,17H2,1-3H3. The maximum absolute atomic E-state index is 5.92. The van der Waals surface area contributed by atoms with Crippen LogP contribution >= 0.6 is 11.3 Å². The summed E-state index contributed by atoms with van der Waals surface area (Å²) in [5, 5.41) is 1.06. The van der Waals surface area contributed by atoms with Crippen LogP contribution in [0.3, 0.4) is 0 Å². The van der Waals surface area contributed by atoms with Crippen LogP contribution < -0.4 is 15.2 Å². The summed E-state index contributed by atoms with van der Waals surface area (Å²) in [6.45, 7) is 7.16. The zero-order valence-corrected chi connectivity index (χ0v) is 13.6. The second-order valence-electron chi connectivity index (χ2n) is 4.82. The van der Waals surface area contributed by atoms with E-state index < -0.39 is 0 Å². The van der Waals surface area contributed by atoms with E-state index >= 15 is 0 Å². The van der Waals surface area contributed by atoms with Crippen molar-refractivity contribution in [2.45, 2.75) is 33.2 Å². The van der Waals surface area contributed by atoms with Gasteiger partial charge in [0.1, 0.15) is 0 Å². The van der Waals surface area contributed by atoms with Crippen LogP contribution in [-0.4, -0.2) is 18.2 Å². The predicted molar refractivity (Wildman–Crippen MR) is 86.3 cm³/mol. The molecule has 0 spiro atoms. The smallest absolute Gasteiger partial charge is 0.161 e. The highest BCUT2D eigenvalue weighted by Crippen LogP contribution is 2.27. The number of rotatable bonds is 7. The molecule has 0 aliphatic rings. The topological polar surface area (TPSA) is 57.4 Å². The molecule has 5 heteroatoms. The molecule has 0 radical (unpaired) electrons. The summed E-state index contributed by atoms with van der Waals surface area (Å²) >= 11 is 1.67. The number of nitrogens with two attached hydrogens (primary N) is 1. The van der Waals surface area contributed by atoms with Gasteiger partial charge in [0.25, 0.3) is 0 Å². The monoisotopic (exact) mass is 306 g/mol. The highest BCUT2D eigenvalue weighted by atomic mass is 32.1. The summed E-state index contributed by atoms with van der Waals surface area (Å²) in [4.78, 5) is 5.70. The van der Waals surface area contributed by atoms with Gasteiger partial charge in [-0.15, -0.1) is 11.3 Å². The summed E-state index contributed by atoms with van der Waals surface area (Å²) in [5.74, 6) is 1.56. The highest BCUT2D eigenvalue weighted by molar-refractivity contribution is 7.11. The van der Waals surface area contributed by atoms with Crippen molar-refractivity contribution in [2.24, 2.45) is 5.73 Å². The van der Waals surface area contributed by atoms with E-state index in [-0.39, 0.29) is 6.04 Å². The third-order valence-corrected chi connectivity index (χ3v) is 4.43. The number of thiazole rings is 1. The van der Waals surface area contributed by atoms with Crippen molar-refractivity contribution < 1.29 is 9.47 Å².